The van der Waals surface area contributed by atoms with Crippen LogP contribution in [0.3, 0.4) is 0 Å². The Bertz CT molecular complexity index is 795. The van der Waals surface area contributed by atoms with Crippen LogP contribution in [0.4, 0.5) is 11.6 Å². The number of fused-ring (bicyclic) bond motifs is 3. The van der Waals surface area contributed by atoms with Gasteiger partial charge in [-0.2, -0.15) is 4.98 Å². The van der Waals surface area contributed by atoms with Crippen LogP contribution >= 0.6 is 0 Å². The Balaban J connectivity index is 2.42. The summed E-state index contributed by atoms with van der Waals surface area (Å²) in [5.74, 6) is 1.38. The van der Waals surface area contributed by atoms with E-state index in [-0.39, 0.29) is 5.88 Å². The molecule has 2 heterocycles. The summed E-state index contributed by atoms with van der Waals surface area (Å²) in [4.78, 5) is 10.9. The lowest BCUT2D eigenvalue weighted by atomic mass is 10.3. The molecule has 1 aromatic carbocycles. The van der Waals surface area contributed by atoms with E-state index in [4.69, 9.17) is 0 Å². The molecule has 0 amide bonds. The van der Waals surface area contributed by atoms with Crippen molar-refractivity contribution >= 4 is 28.3 Å². The van der Waals surface area contributed by atoms with Crippen LogP contribution in [0.15, 0.2) is 24.3 Å². The fourth-order valence-corrected chi connectivity index (χ4v) is 2.66. The molecule has 110 valence electrons. The summed E-state index contributed by atoms with van der Waals surface area (Å²) < 4.78 is 1.96. The highest BCUT2D eigenvalue weighted by Crippen LogP contribution is 2.33. The highest BCUT2D eigenvalue weighted by atomic mass is 16.3. The number of benzene rings is 1. The maximum absolute atomic E-state index is 10.3. The second-order valence-corrected chi connectivity index (χ2v) is 5.04. The monoisotopic (exact) mass is 285 g/mol. The Morgan fingerprint density at radius 1 is 1.29 bits per heavy atom. The minimum Gasteiger partial charge on any atom is -0.491 e. The lowest BCUT2D eigenvalue weighted by molar-refractivity contribution is 0.457. The topological polar surface area (TPSA) is 65.7 Å². The molecule has 21 heavy (non-hydrogen) atoms. The molecule has 3 rings (SSSR count). The zero-order chi connectivity index (χ0) is 15.0. The van der Waals surface area contributed by atoms with Crippen LogP contribution in [0.5, 0.6) is 5.88 Å². The van der Waals surface area contributed by atoms with Gasteiger partial charge in [0.25, 0.3) is 5.88 Å². The van der Waals surface area contributed by atoms with Gasteiger partial charge in [-0.25, -0.2) is 4.98 Å². The van der Waals surface area contributed by atoms with Gasteiger partial charge >= 0.3 is 0 Å². The molecule has 0 aliphatic rings. The molecule has 0 fully saturated rings. The van der Waals surface area contributed by atoms with Crippen LogP contribution in [-0.4, -0.2) is 40.1 Å². The molecular formula is C15H19N5O. The summed E-state index contributed by atoms with van der Waals surface area (Å²) in [7, 11) is 3.76. The molecule has 0 bridgehead atoms. The lowest BCUT2D eigenvalue weighted by Gasteiger charge is -2.18. The minimum atomic E-state index is 0.0283. The van der Waals surface area contributed by atoms with Crippen LogP contribution in [-0.2, 0) is 0 Å². The maximum atomic E-state index is 10.3. The summed E-state index contributed by atoms with van der Waals surface area (Å²) in [6, 6.07) is 7.85. The second kappa shape index (κ2) is 5.12. The summed E-state index contributed by atoms with van der Waals surface area (Å²) in [5.41, 5.74) is 2.42. The van der Waals surface area contributed by atoms with Gasteiger partial charge < -0.3 is 15.3 Å². The van der Waals surface area contributed by atoms with Crippen LogP contribution in [0, 0.1) is 0 Å². The van der Waals surface area contributed by atoms with Crippen LogP contribution < -0.4 is 10.2 Å². The van der Waals surface area contributed by atoms with E-state index < -0.39 is 0 Å². The fraction of sp³-hybridized carbons (Fsp3) is 0.333. The van der Waals surface area contributed by atoms with Crippen molar-refractivity contribution in [3.05, 3.63) is 24.3 Å². The van der Waals surface area contributed by atoms with E-state index >= 15 is 0 Å². The molecular weight excluding hydrogens is 266 g/mol. The van der Waals surface area contributed by atoms with E-state index in [1.807, 2.05) is 40.6 Å². The van der Waals surface area contributed by atoms with E-state index in [2.05, 4.69) is 22.2 Å². The zero-order valence-electron chi connectivity index (χ0n) is 12.5. The Labute approximate surface area is 123 Å². The quantitative estimate of drug-likeness (QED) is 0.771. The Morgan fingerprint density at radius 2 is 2.05 bits per heavy atom. The van der Waals surface area contributed by atoms with Crippen molar-refractivity contribution in [1.82, 2.24) is 14.4 Å². The third-order valence-corrected chi connectivity index (χ3v) is 3.56. The van der Waals surface area contributed by atoms with Gasteiger partial charge in [0.2, 0.25) is 0 Å². The molecule has 3 aromatic rings. The van der Waals surface area contributed by atoms with Crippen molar-refractivity contribution in [3.8, 4) is 5.88 Å². The maximum Gasteiger partial charge on any atom is 0.255 e. The summed E-state index contributed by atoms with van der Waals surface area (Å²) in [5, 5.41) is 13.3. The van der Waals surface area contributed by atoms with E-state index in [1.54, 1.807) is 7.05 Å². The Kier molecular flexibility index (Phi) is 3.29. The number of rotatable bonds is 4. The van der Waals surface area contributed by atoms with Gasteiger partial charge in [0.1, 0.15) is 0 Å². The normalized spacial score (nSPS) is 11.2. The number of hydrogen-bond donors (Lipinski definition) is 2. The molecule has 0 atom stereocenters. The molecule has 0 unspecified atom stereocenters. The number of hydrogen-bond acceptors (Lipinski definition) is 5. The van der Waals surface area contributed by atoms with E-state index in [0.29, 0.717) is 17.3 Å². The van der Waals surface area contributed by atoms with Gasteiger partial charge in [0.15, 0.2) is 17.3 Å². The van der Waals surface area contributed by atoms with Crippen LogP contribution in [0.2, 0.25) is 0 Å². The Hall–Kier alpha value is -2.50. The molecule has 2 aromatic heterocycles. The number of aromatic nitrogens is 3. The predicted octanol–water partition coefficient (Wildman–Crippen LogP) is 2.48. The molecule has 2 N–H and O–H groups in total. The first-order valence-electron chi connectivity index (χ1n) is 7.06. The first-order chi connectivity index (χ1) is 10.2. The van der Waals surface area contributed by atoms with Crippen LogP contribution in [0.25, 0.3) is 16.7 Å². The van der Waals surface area contributed by atoms with Gasteiger partial charge in [-0.15, -0.1) is 0 Å². The van der Waals surface area contributed by atoms with E-state index in [1.165, 1.54) is 0 Å². The summed E-state index contributed by atoms with van der Waals surface area (Å²) in [6.07, 6.45) is 0.991. The highest BCUT2D eigenvalue weighted by molar-refractivity contribution is 5.86. The molecule has 6 nitrogen and oxygen atoms in total. The second-order valence-electron chi connectivity index (χ2n) is 5.04. The van der Waals surface area contributed by atoms with Gasteiger partial charge in [-0.1, -0.05) is 19.1 Å². The van der Waals surface area contributed by atoms with Crippen LogP contribution in [0.1, 0.15) is 13.3 Å². The molecule has 0 saturated heterocycles. The standard InChI is InChI=1S/C15H19N5O/c1-4-9-19(3)15-14(21)18-13-12(16-2)17-10-7-5-6-8-11(10)20(13)15/h5-8,21H,4,9H2,1-3H3,(H,16,17). The number of aromatic hydroxyl groups is 1. The average molecular weight is 285 g/mol. The predicted molar refractivity (Wildman–Crippen MR) is 85.3 cm³/mol. The van der Waals surface area contributed by atoms with Crippen molar-refractivity contribution in [2.24, 2.45) is 0 Å². The number of anilines is 2. The molecule has 0 spiro atoms. The lowest BCUT2D eigenvalue weighted by Crippen LogP contribution is -2.19. The number of nitrogens with zero attached hydrogens (tertiary/aromatic N) is 4. The largest absolute Gasteiger partial charge is 0.491 e. The first-order valence-corrected chi connectivity index (χ1v) is 7.06. The Morgan fingerprint density at radius 3 is 2.76 bits per heavy atom. The van der Waals surface area contributed by atoms with Gasteiger partial charge in [0, 0.05) is 20.6 Å². The molecule has 0 aliphatic carbocycles. The fourth-order valence-electron chi connectivity index (χ4n) is 2.66. The average Bonchev–Trinajstić information content (AvgIpc) is 2.84. The smallest absolute Gasteiger partial charge is 0.255 e. The highest BCUT2D eigenvalue weighted by Gasteiger charge is 2.20. The van der Waals surface area contributed by atoms with E-state index in [0.717, 1.165) is 24.0 Å². The summed E-state index contributed by atoms with van der Waals surface area (Å²) in [6.45, 7) is 2.95. The summed E-state index contributed by atoms with van der Waals surface area (Å²) >= 11 is 0. The van der Waals surface area contributed by atoms with Crippen molar-refractivity contribution < 1.29 is 5.11 Å². The molecule has 0 saturated carbocycles. The molecule has 0 aliphatic heterocycles. The molecule has 6 heteroatoms. The van der Waals surface area contributed by atoms with Crippen molar-refractivity contribution in [2.45, 2.75) is 13.3 Å². The first kappa shape index (κ1) is 13.5. The third kappa shape index (κ3) is 2.03. The van der Waals surface area contributed by atoms with Crippen molar-refractivity contribution in [1.29, 1.82) is 0 Å². The molecule has 0 radical (unpaired) electrons. The third-order valence-electron chi connectivity index (χ3n) is 3.56. The SMILES string of the molecule is CCCN(C)c1c(O)nc2c(NC)nc3ccccc3n12. The van der Waals surface area contributed by atoms with Crippen molar-refractivity contribution in [2.75, 3.05) is 30.9 Å². The minimum absolute atomic E-state index is 0.0283. The van der Waals surface area contributed by atoms with Gasteiger partial charge in [0.05, 0.1) is 11.0 Å². The van der Waals surface area contributed by atoms with Gasteiger partial charge in [-0.05, 0) is 18.6 Å². The van der Waals surface area contributed by atoms with Gasteiger partial charge in [-0.3, -0.25) is 4.40 Å². The van der Waals surface area contributed by atoms with Crippen molar-refractivity contribution in [3.63, 3.8) is 0 Å². The van der Waals surface area contributed by atoms with E-state index in [9.17, 15) is 5.11 Å². The number of para-hydroxylation sites is 2. The number of nitrogens with one attached hydrogen (secondary N) is 1. The zero-order valence-corrected chi connectivity index (χ0v) is 12.5. The number of imidazole rings is 1.